The van der Waals surface area contributed by atoms with E-state index in [1.165, 1.54) is 0 Å². The highest BCUT2D eigenvalue weighted by Crippen LogP contribution is 2.29. The van der Waals surface area contributed by atoms with Gasteiger partial charge < -0.3 is 11.1 Å². The number of anilines is 1. The maximum absolute atomic E-state index is 13.6. The summed E-state index contributed by atoms with van der Waals surface area (Å²) < 4.78 is 26.8. The van der Waals surface area contributed by atoms with Crippen LogP contribution in [0.3, 0.4) is 0 Å². The van der Waals surface area contributed by atoms with Crippen LogP contribution in [-0.4, -0.2) is 11.9 Å². The first kappa shape index (κ1) is 14.4. The van der Waals surface area contributed by atoms with Crippen molar-refractivity contribution in [1.29, 1.82) is 0 Å². The third-order valence-corrected chi connectivity index (χ3v) is 4.04. The molecule has 0 bridgehead atoms. The van der Waals surface area contributed by atoms with Crippen molar-refractivity contribution in [2.24, 2.45) is 11.7 Å². The third-order valence-electron chi connectivity index (χ3n) is 3.41. The highest BCUT2D eigenvalue weighted by molar-refractivity contribution is 9.10. The Balaban J connectivity index is 2.14. The van der Waals surface area contributed by atoms with Gasteiger partial charge in [0.05, 0.1) is 11.6 Å². The molecule has 2 rings (SSSR count). The van der Waals surface area contributed by atoms with Crippen molar-refractivity contribution in [3.63, 3.8) is 0 Å². The van der Waals surface area contributed by atoms with E-state index in [1.54, 1.807) is 0 Å². The summed E-state index contributed by atoms with van der Waals surface area (Å²) in [4.78, 5) is 12.1. The first-order valence-corrected chi connectivity index (χ1v) is 6.99. The van der Waals surface area contributed by atoms with Crippen LogP contribution in [0.5, 0.6) is 0 Å². The van der Waals surface area contributed by atoms with E-state index < -0.39 is 11.6 Å². The molecule has 104 valence electrons. The van der Waals surface area contributed by atoms with E-state index in [0.29, 0.717) is 6.42 Å². The quantitative estimate of drug-likeness (QED) is 0.873. The van der Waals surface area contributed by atoms with Crippen LogP contribution in [-0.2, 0) is 4.79 Å². The van der Waals surface area contributed by atoms with Crippen molar-refractivity contribution in [3.8, 4) is 0 Å². The molecule has 0 aromatic heterocycles. The number of carbonyl (C=O) groups is 1. The summed E-state index contributed by atoms with van der Waals surface area (Å²) in [5.41, 5.74) is 5.87. The fourth-order valence-corrected chi connectivity index (χ4v) is 2.87. The largest absolute Gasteiger partial charge is 0.327 e. The molecule has 1 amide bonds. The summed E-state index contributed by atoms with van der Waals surface area (Å²) in [5, 5.41) is 2.50. The summed E-state index contributed by atoms with van der Waals surface area (Å²) >= 11 is 3.04. The van der Waals surface area contributed by atoms with Crippen molar-refractivity contribution in [1.82, 2.24) is 0 Å². The van der Waals surface area contributed by atoms with Gasteiger partial charge in [0.2, 0.25) is 5.91 Å². The maximum atomic E-state index is 13.6. The first-order chi connectivity index (χ1) is 8.99. The Kier molecular flexibility index (Phi) is 4.52. The van der Waals surface area contributed by atoms with Gasteiger partial charge in [-0.2, -0.15) is 0 Å². The Morgan fingerprint density at radius 3 is 2.63 bits per heavy atom. The molecule has 19 heavy (non-hydrogen) atoms. The van der Waals surface area contributed by atoms with Gasteiger partial charge in [0.1, 0.15) is 5.82 Å². The first-order valence-electron chi connectivity index (χ1n) is 6.20. The van der Waals surface area contributed by atoms with Crippen LogP contribution in [0, 0.1) is 17.6 Å². The van der Waals surface area contributed by atoms with E-state index in [1.807, 2.05) is 0 Å². The van der Waals surface area contributed by atoms with Gasteiger partial charge in [-0.25, -0.2) is 8.78 Å². The molecule has 3 N–H and O–H groups in total. The molecular weight excluding hydrogens is 318 g/mol. The molecule has 1 aliphatic carbocycles. The van der Waals surface area contributed by atoms with Crippen LogP contribution >= 0.6 is 15.9 Å². The summed E-state index contributed by atoms with van der Waals surface area (Å²) in [7, 11) is 0. The second-order valence-corrected chi connectivity index (χ2v) is 5.64. The molecule has 0 aliphatic heterocycles. The number of benzene rings is 1. The van der Waals surface area contributed by atoms with E-state index in [-0.39, 0.29) is 28.0 Å². The Morgan fingerprint density at radius 1 is 1.32 bits per heavy atom. The lowest BCUT2D eigenvalue weighted by atomic mass is 9.84. The van der Waals surface area contributed by atoms with E-state index in [9.17, 15) is 13.6 Å². The number of hydrogen-bond donors (Lipinski definition) is 2. The SMILES string of the molecule is NC1CCCCC1C(=O)Nc1c(F)cc(F)cc1Br. The number of hydrogen-bond acceptors (Lipinski definition) is 2. The second kappa shape index (κ2) is 5.96. The highest BCUT2D eigenvalue weighted by atomic mass is 79.9. The molecule has 1 aromatic carbocycles. The van der Waals surface area contributed by atoms with Gasteiger partial charge in [-0.15, -0.1) is 0 Å². The van der Waals surface area contributed by atoms with Crippen molar-refractivity contribution < 1.29 is 13.6 Å². The molecule has 0 heterocycles. The highest BCUT2D eigenvalue weighted by Gasteiger charge is 2.29. The Morgan fingerprint density at radius 2 is 2.00 bits per heavy atom. The van der Waals surface area contributed by atoms with Gasteiger partial charge in [-0.05, 0) is 34.8 Å². The number of nitrogens with two attached hydrogens (primary N) is 1. The van der Waals surface area contributed by atoms with E-state index in [4.69, 9.17) is 5.73 Å². The van der Waals surface area contributed by atoms with Gasteiger partial charge in [-0.1, -0.05) is 12.8 Å². The summed E-state index contributed by atoms with van der Waals surface area (Å²) in [6, 6.07) is 1.65. The van der Waals surface area contributed by atoms with Gasteiger partial charge in [0.15, 0.2) is 5.82 Å². The predicted molar refractivity (Wildman–Crippen MR) is 72.6 cm³/mol. The lowest BCUT2D eigenvalue weighted by Gasteiger charge is -2.27. The molecule has 3 nitrogen and oxygen atoms in total. The third kappa shape index (κ3) is 3.30. The molecule has 6 heteroatoms. The van der Waals surface area contributed by atoms with Crippen LogP contribution in [0.2, 0.25) is 0 Å². The van der Waals surface area contributed by atoms with E-state index in [0.717, 1.165) is 31.4 Å². The molecule has 2 unspecified atom stereocenters. The normalized spacial score (nSPS) is 23.2. The van der Waals surface area contributed by atoms with Crippen molar-refractivity contribution in [2.45, 2.75) is 31.7 Å². The fourth-order valence-electron chi connectivity index (χ4n) is 2.36. The van der Waals surface area contributed by atoms with Crippen molar-refractivity contribution in [2.75, 3.05) is 5.32 Å². The minimum atomic E-state index is -0.801. The lowest BCUT2D eigenvalue weighted by Crippen LogP contribution is -2.40. The van der Waals surface area contributed by atoms with Gasteiger partial charge in [0, 0.05) is 16.6 Å². The molecule has 0 radical (unpaired) electrons. The summed E-state index contributed by atoms with van der Waals surface area (Å²) in [5.74, 6) is -2.12. The Bertz CT molecular complexity index is 473. The van der Waals surface area contributed by atoms with E-state index >= 15 is 0 Å². The molecular formula is C13H15BrF2N2O. The summed E-state index contributed by atoms with van der Waals surface area (Å²) in [6.07, 6.45) is 3.46. The lowest BCUT2D eigenvalue weighted by molar-refractivity contribution is -0.121. The van der Waals surface area contributed by atoms with Gasteiger partial charge >= 0.3 is 0 Å². The molecule has 1 aliphatic rings. The smallest absolute Gasteiger partial charge is 0.229 e. The van der Waals surface area contributed by atoms with Crippen molar-refractivity contribution >= 4 is 27.5 Å². The Labute approximate surface area is 118 Å². The van der Waals surface area contributed by atoms with Crippen LogP contribution in [0.4, 0.5) is 14.5 Å². The minimum Gasteiger partial charge on any atom is -0.327 e. The zero-order valence-corrected chi connectivity index (χ0v) is 11.8. The number of halogens is 3. The average molecular weight is 333 g/mol. The molecule has 1 fully saturated rings. The van der Waals surface area contributed by atoms with Crippen LogP contribution in [0.15, 0.2) is 16.6 Å². The summed E-state index contributed by atoms with van der Waals surface area (Å²) in [6.45, 7) is 0. The zero-order valence-electron chi connectivity index (χ0n) is 10.3. The average Bonchev–Trinajstić information content (AvgIpc) is 2.34. The fraction of sp³-hybridized carbons (Fsp3) is 0.462. The van der Waals surface area contributed by atoms with Crippen LogP contribution in [0.25, 0.3) is 0 Å². The molecule has 1 aromatic rings. The van der Waals surface area contributed by atoms with Gasteiger partial charge in [0.25, 0.3) is 0 Å². The maximum Gasteiger partial charge on any atom is 0.229 e. The molecule has 0 saturated heterocycles. The van der Waals surface area contributed by atoms with E-state index in [2.05, 4.69) is 21.2 Å². The minimum absolute atomic E-state index is 0.0378. The standard InChI is InChI=1S/C13H15BrF2N2O/c14-9-5-7(15)6-10(16)12(9)18-13(19)8-3-1-2-4-11(8)17/h5-6,8,11H,1-4,17H2,(H,18,19). The number of amides is 1. The molecule has 1 saturated carbocycles. The Hall–Kier alpha value is -1.01. The number of rotatable bonds is 2. The predicted octanol–water partition coefficient (Wildman–Crippen LogP) is 3.18. The van der Waals surface area contributed by atoms with Gasteiger partial charge in [-0.3, -0.25) is 4.79 Å². The zero-order chi connectivity index (χ0) is 14.0. The van der Waals surface area contributed by atoms with Crippen molar-refractivity contribution in [3.05, 3.63) is 28.2 Å². The topological polar surface area (TPSA) is 55.1 Å². The number of nitrogens with one attached hydrogen (secondary N) is 1. The number of carbonyl (C=O) groups excluding carboxylic acids is 1. The molecule has 0 spiro atoms. The second-order valence-electron chi connectivity index (χ2n) is 4.79. The van der Waals surface area contributed by atoms with Crippen LogP contribution < -0.4 is 11.1 Å². The van der Waals surface area contributed by atoms with Crippen LogP contribution in [0.1, 0.15) is 25.7 Å². The monoisotopic (exact) mass is 332 g/mol. The molecule has 2 atom stereocenters.